The summed E-state index contributed by atoms with van der Waals surface area (Å²) in [4.78, 5) is 2.34. The zero-order valence-corrected chi connectivity index (χ0v) is 33.9. The van der Waals surface area contributed by atoms with Crippen molar-refractivity contribution >= 4 is 71.3 Å². The molecule has 0 aliphatic carbocycles. The molecule has 0 spiro atoms. The molecule has 0 radical (unpaired) electrons. The van der Waals surface area contributed by atoms with Crippen molar-refractivity contribution in [3.05, 3.63) is 237 Å². The Bertz CT molecular complexity index is 3510. The van der Waals surface area contributed by atoms with Gasteiger partial charge in [0, 0.05) is 33.2 Å². The highest BCUT2D eigenvalue weighted by Gasteiger charge is 2.20. The maximum Gasteiger partial charge on any atom is 0.143 e. The molecule has 0 N–H and O–H groups in total. The van der Waals surface area contributed by atoms with E-state index in [1.165, 1.54) is 60.3 Å². The minimum atomic E-state index is 0.878. The number of nitrogens with zero attached hydrogens (tertiary/aromatic N) is 1. The van der Waals surface area contributed by atoms with Crippen LogP contribution in [0.25, 0.3) is 98.8 Å². The van der Waals surface area contributed by atoms with Crippen LogP contribution in [0, 0.1) is 0 Å². The summed E-state index contributed by atoms with van der Waals surface area (Å²) < 4.78 is 6.95. The number of hydrogen-bond donors (Lipinski definition) is 0. The molecule has 0 aliphatic rings. The Morgan fingerprint density at radius 2 is 0.710 bits per heavy atom. The van der Waals surface area contributed by atoms with Crippen LogP contribution >= 0.6 is 0 Å². The van der Waals surface area contributed by atoms with Crippen LogP contribution in [0.3, 0.4) is 0 Å². The second-order valence-corrected chi connectivity index (χ2v) is 16.1. The lowest BCUT2D eigenvalue weighted by Crippen LogP contribution is -2.09. The standard InChI is InChI=1S/C60H39NO/c1-3-13-40(14-4-1)43-25-31-48(32-26-43)61(49-33-27-44(28-34-49)41-15-5-2-6-16-41)50-35-29-45(30-36-50)56-39-58-57(38-55(56)47-24-23-42-17-7-8-18-46(42)37-47)59-53-21-11-9-19-51(53)52-20-10-12-22-54(52)60(59)62-58/h1-39H. The summed E-state index contributed by atoms with van der Waals surface area (Å²) in [7, 11) is 0. The van der Waals surface area contributed by atoms with Crippen LogP contribution in [0.15, 0.2) is 241 Å². The summed E-state index contributed by atoms with van der Waals surface area (Å²) in [6, 6.07) is 85.3. The minimum Gasteiger partial charge on any atom is -0.455 e. The molecule has 0 fully saturated rings. The molecule has 62 heavy (non-hydrogen) atoms. The van der Waals surface area contributed by atoms with E-state index < -0.39 is 0 Å². The largest absolute Gasteiger partial charge is 0.455 e. The Balaban J connectivity index is 1.02. The van der Waals surface area contributed by atoms with Crippen LogP contribution in [0.4, 0.5) is 17.1 Å². The molecule has 1 heterocycles. The molecule has 0 unspecified atom stereocenters. The van der Waals surface area contributed by atoms with Gasteiger partial charge in [-0.3, -0.25) is 0 Å². The fourth-order valence-corrected chi connectivity index (χ4v) is 9.39. The van der Waals surface area contributed by atoms with E-state index in [1.807, 2.05) is 0 Å². The lowest BCUT2D eigenvalue weighted by molar-refractivity contribution is 0.673. The van der Waals surface area contributed by atoms with Crippen molar-refractivity contribution in [1.82, 2.24) is 0 Å². The van der Waals surface area contributed by atoms with Gasteiger partial charge in [-0.1, -0.05) is 182 Å². The maximum absolute atomic E-state index is 6.95. The van der Waals surface area contributed by atoms with E-state index in [-0.39, 0.29) is 0 Å². The third-order valence-corrected chi connectivity index (χ3v) is 12.4. The topological polar surface area (TPSA) is 16.4 Å². The molecule has 0 amide bonds. The van der Waals surface area contributed by atoms with Crippen LogP contribution in [0.1, 0.15) is 0 Å². The van der Waals surface area contributed by atoms with E-state index in [0.717, 1.165) is 55.5 Å². The summed E-state index contributed by atoms with van der Waals surface area (Å²) in [6.45, 7) is 0. The zero-order chi connectivity index (χ0) is 41.0. The van der Waals surface area contributed by atoms with Gasteiger partial charge < -0.3 is 9.32 Å². The Kier molecular flexibility index (Phi) is 8.53. The Hall–Kier alpha value is -8.20. The van der Waals surface area contributed by atoms with Crippen LogP contribution < -0.4 is 4.90 Å². The number of fused-ring (bicyclic) bond motifs is 9. The van der Waals surface area contributed by atoms with Gasteiger partial charge in [-0.2, -0.15) is 0 Å². The molecule has 11 aromatic carbocycles. The van der Waals surface area contributed by atoms with Gasteiger partial charge in [-0.25, -0.2) is 0 Å². The third-order valence-electron chi connectivity index (χ3n) is 12.4. The van der Waals surface area contributed by atoms with E-state index >= 15 is 0 Å². The molecule has 0 bridgehead atoms. The SMILES string of the molecule is c1ccc(-c2ccc(N(c3ccc(-c4ccccc4)cc3)c3ccc(-c4cc5oc6c7ccccc7c7ccccc7c6c5cc4-c4ccc5ccccc5c4)cc3)cc2)cc1. The Labute approximate surface area is 360 Å². The molecule has 2 heteroatoms. The number of rotatable bonds is 7. The lowest BCUT2D eigenvalue weighted by atomic mass is 9.90. The van der Waals surface area contributed by atoms with Gasteiger partial charge in [0.05, 0.1) is 0 Å². The Morgan fingerprint density at radius 1 is 0.274 bits per heavy atom. The van der Waals surface area contributed by atoms with Gasteiger partial charge in [-0.05, 0) is 126 Å². The highest BCUT2D eigenvalue weighted by molar-refractivity contribution is 6.30. The van der Waals surface area contributed by atoms with Crippen molar-refractivity contribution in [3.63, 3.8) is 0 Å². The molecule has 0 atom stereocenters. The Morgan fingerprint density at radius 3 is 1.31 bits per heavy atom. The monoisotopic (exact) mass is 789 g/mol. The van der Waals surface area contributed by atoms with Crippen molar-refractivity contribution in [1.29, 1.82) is 0 Å². The molecule has 12 aromatic rings. The van der Waals surface area contributed by atoms with Gasteiger partial charge in [0.2, 0.25) is 0 Å². The van der Waals surface area contributed by atoms with Gasteiger partial charge in [0.15, 0.2) is 0 Å². The normalized spacial score (nSPS) is 11.5. The molecular formula is C60H39NO. The molecule has 1 aromatic heterocycles. The van der Waals surface area contributed by atoms with Crippen LogP contribution in [-0.2, 0) is 0 Å². The molecule has 0 saturated heterocycles. The predicted molar refractivity (Wildman–Crippen MR) is 263 cm³/mol. The molecule has 290 valence electrons. The van der Waals surface area contributed by atoms with Crippen molar-refractivity contribution in [2.45, 2.75) is 0 Å². The second kappa shape index (κ2) is 14.8. The first-order valence-corrected chi connectivity index (χ1v) is 21.2. The van der Waals surface area contributed by atoms with Gasteiger partial charge >= 0.3 is 0 Å². The highest BCUT2D eigenvalue weighted by atomic mass is 16.3. The van der Waals surface area contributed by atoms with Gasteiger partial charge in [-0.15, -0.1) is 0 Å². The lowest BCUT2D eigenvalue weighted by Gasteiger charge is -2.26. The van der Waals surface area contributed by atoms with E-state index in [9.17, 15) is 0 Å². The smallest absolute Gasteiger partial charge is 0.143 e. The zero-order valence-electron chi connectivity index (χ0n) is 33.9. The molecular weight excluding hydrogens is 751 g/mol. The first-order valence-electron chi connectivity index (χ1n) is 21.2. The second-order valence-electron chi connectivity index (χ2n) is 16.1. The highest BCUT2D eigenvalue weighted by Crippen LogP contribution is 2.46. The van der Waals surface area contributed by atoms with E-state index in [0.29, 0.717) is 0 Å². The van der Waals surface area contributed by atoms with Crippen molar-refractivity contribution in [2.75, 3.05) is 4.90 Å². The summed E-state index contributed by atoms with van der Waals surface area (Å²) in [5.41, 5.74) is 14.4. The van der Waals surface area contributed by atoms with E-state index in [1.54, 1.807) is 0 Å². The van der Waals surface area contributed by atoms with Crippen molar-refractivity contribution < 1.29 is 4.42 Å². The first-order chi connectivity index (χ1) is 30.7. The molecule has 2 nitrogen and oxygen atoms in total. The molecule has 0 aliphatic heterocycles. The van der Waals surface area contributed by atoms with Crippen molar-refractivity contribution in [2.24, 2.45) is 0 Å². The number of furan rings is 1. The van der Waals surface area contributed by atoms with Crippen LogP contribution in [0.2, 0.25) is 0 Å². The molecule has 12 rings (SSSR count). The first kappa shape index (κ1) is 35.7. The van der Waals surface area contributed by atoms with E-state index in [2.05, 4.69) is 241 Å². The van der Waals surface area contributed by atoms with Crippen LogP contribution in [-0.4, -0.2) is 0 Å². The minimum absolute atomic E-state index is 0.878. The third kappa shape index (κ3) is 6.12. The van der Waals surface area contributed by atoms with E-state index in [4.69, 9.17) is 4.42 Å². The summed E-state index contributed by atoms with van der Waals surface area (Å²) in [5, 5.41) is 9.49. The fourth-order valence-electron chi connectivity index (χ4n) is 9.39. The number of benzene rings is 11. The summed E-state index contributed by atoms with van der Waals surface area (Å²) in [6.07, 6.45) is 0. The number of hydrogen-bond acceptors (Lipinski definition) is 2. The summed E-state index contributed by atoms with van der Waals surface area (Å²) >= 11 is 0. The molecule has 0 saturated carbocycles. The van der Waals surface area contributed by atoms with Crippen LogP contribution in [0.5, 0.6) is 0 Å². The summed E-state index contributed by atoms with van der Waals surface area (Å²) in [5.74, 6) is 0. The quantitative estimate of drug-likeness (QED) is 0.150. The number of anilines is 3. The predicted octanol–water partition coefficient (Wildman–Crippen LogP) is 17.2. The average molecular weight is 790 g/mol. The maximum atomic E-state index is 6.95. The average Bonchev–Trinajstić information content (AvgIpc) is 3.74. The van der Waals surface area contributed by atoms with Gasteiger partial charge in [0.25, 0.3) is 0 Å². The van der Waals surface area contributed by atoms with Crippen molar-refractivity contribution in [3.8, 4) is 44.5 Å². The fraction of sp³-hybridized carbons (Fsp3) is 0. The van der Waals surface area contributed by atoms with Gasteiger partial charge in [0.1, 0.15) is 11.2 Å².